The van der Waals surface area contributed by atoms with Gasteiger partial charge in [-0.3, -0.25) is 0 Å². The monoisotopic (exact) mass is 329 g/mol. The third-order valence-corrected chi connectivity index (χ3v) is 4.95. The fraction of sp³-hybridized carbons (Fsp3) is 0.667. The van der Waals surface area contributed by atoms with Gasteiger partial charge in [0.1, 0.15) is 0 Å². The molecule has 1 aromatic rings. The van der Waals surface area contributed by atoms with Crippen LogP contribution in [-0.2, 0) is 6.54 Å². The molecule has 2 amide bonds. The summed E-state index contributed by atoms with van der Waals surface area (Å²) in [6.07, 6.45) is 2.62. The molecule has 2 rings (SSSR count). The molecular weight excluding hydrogens is 306 g/mol. The van der Waals surface area contributed by atoms with E-state index in [1.54, 1.807) is 4.90 Å². The number of carbonyl (C=O) groups is 1. The summed E-state index contributed by atoms with van der Waals surface area (Å²) in [5.41, 5.74) is 0. The Morgan fingerprint density at radius 3 is 2.81 bits per heavy atom. The van der Waals surface area contributed by atoms with Crippen LogP contribution in [0.4, 0.5) is 4.79 Å². The van der Waals surface area contributed by atoms with Crippen molar-refractivity contribution in [3.8, 4) is 0 Å². The Labute approximate surface area is 136 Å². The molecule has 0 aliphatic carbocycles. The lowest BCUT2D eigenvalue weighted by molar-refractivity contribution is 0.203. The van der Waals surface area contributed by atoms with Crippen LogP contribution in [0.25, 0.3) is 0 Å². The molecule has 1 atom stereocenters. The van der Waals surface area contributed by atoms with Crippen LogP contribution < -0.4 is 5.32 Å². The van der Waals surface area contributed by atoms with Crippen molar-refractivity contribution in [3.05, 3.63) is 21.3 Å². The van der Waals surface area contributed by atoms with Crippen LogP contribution in [0.5, 0.6) is 0 Å². The molecule has 4 nitrogen and oxygen atoms in total. The number of hydrogen-bond acceptors (Lipinski definition) is 3. The van der Waals surface area contributed by atoms with Gasteiger partial charge >= 0.3 is 6.03 Å². The average molecular weight is 330 g/mol. The molecule has 0 bridgehead atoms. The highest BCUT2D eigenvalue weighted by molar-refractivity contribution is 7.16. The number of nitrogens with zero attached hydrogens (tertiary/aromatic N) is 2. The second-order valence-corrected chi connectivity index (χ2v) is 7.66. The molecule has 118 valence electrons. The van der Waals surface area contributed by atoms with Crippen molar-refractivity contribution >= 4 is 29.0 Å². The molecular formula is C15H24ClN3OS. The van der Waals surface area contributed by atoms with Gasteiger partial charge < -0.3 is 15.1 Å². The maximum Gasteiger partial charge on any atom is 0.317 e. The zero-order valence-electron chi connectivity index (χ0n) is 12.8. The Hall–Kier alpha value is -0.780. The maximum atomic E-state index is 12.1. The second kappa shape index (κ2) is 8.01. The first-order valence-corrected chi connectivity index (χ1v) is 8.69. The van der Waals surface area contributed by atoms with Crippen LogP contribution in [0.3, 0.4) is 0 Å². The molecule has 2 heterocycles. The molecule has 6 heteroatoms. The zero-order valence-corrected chi connectivity index (χ0v) is 14.3. The summed E-state index contributed by atoms with van der Waals surface area (Å²) in [5.74, 6) is 0.483. The lowest BCUT2D eigenvalue weighted by atomic mass is 10.1. The van der Waals surface area contributed by atoms with Gasteiger partial charge in [-0.2, -0.15) is 0 Å². The van der Waals surface area contributed by atoms with E-state index in [4.69, 9.17) is 11.6 Å². The molecule has 1 saturated heterocycles. The van der Waals surface area contributed by atoms with E-state index in [0.717, 1.165) is 22.3 Å². The number of likely N-dealkylation sites (tertiary alicyclic amines) is 1. The van der Waals surface area contributed by atoms with Crippen LogP contribution in [0, 0.1) is 5.92 Å². The predicted octanol–water partition coefficient (Wildman–Crippen LogP) is 3.27. The van der Waals surface area contributed by atoms with E-state index >= 15 is 0 Å². The van der Waals surface area contributed by atoms with E-state index in [9.17, 15) is 4.79 Å². The van der Waals surface area contributed by atoms with Crippen LogP contribution >= 0.6 is 22.9 Å². The number of carbonyl (C=O) groups excluding carboxylic acids is 1. The molecule has 0 spiro atoms. The molecule has 1 aliphatic rings. The summed E-state index contributed by atoms with van der Waals surface area (Å²) < 4.78 is 0.762. The van der Waals surface area contributed by atoms with Crippen molar-refractivity contribution in [2.24, 2.45) is 5.92 Å². The van der Waals surface area contributed by atoms with Gasteiger partial charge in [0.25, 0.3) is 0 Å². The van der Waals surface area contributed by atoms with E-state index in [1.165, 1.54) is 37.3 Å². The fourth-order valence-electron chi connectivity index (χ4n) is 2.61. The summed E-state index contributed by atoms with van der Waals surface area (Å²) in [4.78, 5) is 17.3. The first-order valence-electron chi connectivity index (χ1n) is 7.50. The zero-order chi connectivity index (χ0) is 15.2. The van der Waals surface area contributed by atoms with Crippen molar-refractivity contribution in [1.29, 1.82) is 0 Å². The quantitative estimate of drug-likeness (QED) is 0.869. The van der Waals surface area contributed by atoms with Gasteiger partial charge in [0, 0.05) is 25.0 Å². The van der Waals surface area contributed by atoms with Crippen LogP contribution in [0.2, 0.25) is 4.34 Å². The molecule has 1 aromatic heterocycles. The number of halogens is 1. The van der Waals surface area contributed by atoms with Gasteiger partial charge in [-0.25, -0.2) is 4.79 Å². The maximum absolute atomic E-state index is 12.1. The lowest BCUT2D eigenvalue weighted by Crippen LogP contribution is -2.40. The van der Waals surface area contributed by atoms with Crippen molar-refractivity contribution in [1.82, 2.24) is 15.1 Å². The number of urea groups is 1. The van der Waals surface area contributed by atoms with Crippen molar-refractivity contribution in [2.45, 2.75) is 26.3 Å². The smallest absolute Gasteiger partial charge is 0.317 e. The van der Waals surface area contributed by atoms with E-state index < -0.39 is 0 Å². The Balaban J connectivity index is 1.67. The highest BCUT2D eigenvalue weighted by atomic mass is 35.5. The third-order valence-electron chi connectivity index (χ3n) is 3.74. The Morgan fingerprint density at radius 1 is 1.48 bits per heavy atom. The average Bonchev–Trinajstić information content (AvgIpc) is 3.08. The summed E-state index contributed by atoms with van der Waals surface area (Å²) in [5, 5.41) is 3.02. The number of hydrogen-bond donors (Lipinski definition) is 1. The molecule has 1 aliphatic heterocycles. The number of thiophene rings is 1. The Morgan fingerprint density at radius 2 is 2.19 bits per heavy atom. The Bertz CT molecular complexity index is 460. The first kappa shape index (κ1) is 16.6. The van der Waals surface area contributed by atoms with Gasteiger partial charge in [0.15, 0.2) is 0 Å². The summed E-state index contributed by atoms with van der Waals surface area (Å²) >= 11 is 7.42. The topological polar surface area (TPSA) is 35.6 Å². The molecule has 0 radical (unpaired) electrons. The molecule has 1 unspecified atom stereocenters. The van der Waals surface area contributed by atoms with Crippen molar-refractivity contribution < 1.29 is 4.79 Å². The van der Waals surface area contributed by atoms with E-state index in [0.29, 0.717) is 12.5 Å². The minimum atomic E-state index is -0.0206. The Kier molecular flexibility index (Phi) is 6.33. The fourth-order valence-corrected chi connectivity index (χ4v) is 3.75. The normalized spacial score (nSPS) is 16.9. The van der Waals surface area contributed by atoms with Crippen LogP contribution in [0.15, 0.2) is 12.1 Å². The predicted molar refractivity (Wildman–Crippen MR) is 89.0 cm³/mol. The minimum Gasteiger partial charge on any atom is -0.338 e. The highest BCUT2D eigenvalue weighted by Gasteiger charge is 2.16. The van der Waals surface area contributed by atoms with Crippen molar-refractivity contribution in [2.75, 3.05) is 33.2 Å². The molecule has 0 aromatic carbocycles. The SMILES string of the molecule is CC(CNC(=O)N(C)Cc1ccc(Cl)s1)CN1CCCC1. The van der Waals surface area contributed by atoms with E-state index in [1.807, 2.05) is 19.2 Å². The highest BCUT2D eigenvalue weighted by Crippen LogP contribution is 2.22. The summed E-state index contributed by atoms with van der Waals surface area (Å²) in [6.45, 7) is 7.01. The van der Waals surface area contributed by atoms with Crippen molar-refractivity contribution in [3.63, 3.8) is 0 Å². The molecule has 1 N–H and O–H groups in total. The lowest BCUT2D eigenvalue weighted by Gasteiger charge is -2.22. The van der Waals surface area contributed by atoms with Gasteiger partial charge in [-0.05, 0) is 44.0 Å². The molecule has 0 saturated carbocycles. The van der Waals surface area contributed by atoms with Gasteiger partial charge in [0.05, 0.1) is 10.9 Å². The standard InChI is InChI=1S/C15H24ClN3OS/c1-12(10-19-7-3-4-8-19)9-17-15(20)18(2)11-13-5-6-14(16)21-13/h5-6,12H,3-4,7-11H2,1-2H3,(H,17,20). The van der Waals surface area contributed by atoms with E-state index in [2.05, 4.69) is 17.1 Å². The second-order valence-electron chi connectivity index (χ2n) is 5.86. The van der Waals surface area contributed by atoms with Crippen LogP contribution in [0.1, 0.15) is 24.6 Å². The summed E-state index contributed by atoms with van der Waals surface area (Å²) in [7, 11) is 1.81. The molecule has 21 heavy (non-hydrogen) atoms. The summed E-state index contributed by atoms with van der Waals surface area (Å²) in [6, 6.07) is 3.81. The largest absolute Gasteiger partial charge is 0.338 e. The van der Waals surface area contributed by atoms with Gasteiger partial charge in [-0.15, -0.1) is 11.3 Å². The van der Waals surface area contributed by atoms with Gasteiger partial charge in [0.2, 0.25) is 0 Å². The number of nitrogens with one attached hydrogen (secondary N) is 1. The minimum absolute atomic E-state index is 0.0206. The number of amides is 2. The van der Waals surface area contributed by atoms with Crippen LogP contribution in [-0.4, -0.2) is 49.1 Å². The van der Waals surface area contributed by atoms with Gasteiger partial charge in [-0.1, -0.05) is 18.5 Å². The first-order chi connectivity index (χ1) is 10.0. The number of rotatable bonds is 6. The van der Waals surface area contributed by atoms with E-state index in [-0.39, 0.29) is 6.03 Å². The molecule has 1 fully saturated rings. The third kappa shape index (κ3) is 5.49.